The molecule has 0 bridgehead atoms. The van der Waals surface area contributed by atoms with Crippen LogP contribution >= 0.6 is 0 Å². The zero-order valence-corrected chi connectivity index (χ0v) is 17.1. The fourth-order valence-corrected chi connectivity index (χ4v) is 2.97. The SMILES string of the molecule is CC(=O)c1ccc(NC(=O)[C@@H](C)OC(=O)c2ccc(OC[C@@H]3CCCO3)cc2)cc1. The first-order valence-corrected chi connectivity index (χ1v) is 9.89. The second-order valence-corrected chi connectivity index (χ2v) is 7.14. The van der Waals surface area contributed by atoms with Crippen LogP contribution in [-0.2, 0) is 14.3 Å². The Hall–Kier alpha value is -3.19. The predicted molar refractivity (Wildman–Crippen MR) is 111 cm³/mol. The third-order valence-electron chi connectivity index (χ3n) is 4.76. The summed E-state index contributed by atoms with van der Waals surface area (Å²) in [5.74, 6) is -0.481. The zero-order valence-electron chi connectivity index (χ0n) is 17.1. The van der Waals surface area contributed by atoms with Gasteiger partial charge < -0.3 is 19.5 Å². The van der Waals surface area contributed by atoms with E-state index in [1.807, 2.05) is 0 Å². The molecular weight excluding hydrogens is 386 g/mol. The molecule has 1 aliphatic rings. The molecule has 2 aromatic carbocycles. The molecule has 2 atom stereocenters. The van der Waals surface area contributed by atoms with Crippen LogP contribution in [0.25, 0.3) is 0 Å². The summed E-state index contributed by atoms with van der Waals surface area (Å²) in [5, 5.41) is 2.66. The molecule has 1 fully saturated rings. The zero-order chi connectivity index (χ0) is 21.5. The number of ether oxygens (including phenoxy) is 3. The maximum atomic E-state index is 12.3. The van der Waals surface area contributed by atoms with Gasteiger partial charge in [0.05, 0.1) is 11.7 Å². The highest BCUT2D eigenvalue weighted by Gasteiger charge is 2.20. The molecule has 1 heterocycles. The summed E-state index contributed by atoms with van der Waals surface area (Å²) in [6, 6.07) is 13.1. The van der Waals surface area contributed by atoms with Crippen LogP contribution in [0.15, 0.2) is 48.5 Å². The maximum Gasteiger partial charge on any atom is 0.338 e. The largest absolute Gasteiger partial charge is 0.491 e. The Kier molecular flexibility index (Phi) is 7.19. The molecule has 158 valence electrons. The van der Waals surface area contributed by atoms with Crippen molar-refractivity contribution in [2.75, 3.05) is 18.5 Å². The number of hydrogen-bond donors (Lipinski definition) is 1. The van der Waals surface area contributed by atoms with Gasteiger partial charge in [0.25, 0.3) is 5.91 Å². The third kappa shape index (κ3) is 5.90. The van der Waals surface area contributed by atoms with Gasteiger partial charge in [-0.2, -0.15) is 0 Å². The summed E-state index contributed by atoms with van der Waals surface area (Å²) < 4.78 is 16.4. The van der Waals surface area contributed by atoms with Gasteiger partial charge in [0, 0.05) is 17.9 Å². The third-order valence-corrected chi connectivity index (χ3v) is 4.76. The molecule has 2 aromatic rings. The van der Waals surface area contributed by atoms with Gasteiger partial charge in [0.15, 0.2) is 11.9 Å². The highest BCUT2D eigenvalue weighted by atomic mass is 16.5. The molecule has 3 rings (SSSR count). The van der Waals surface area contributed by atoms with Crippen molar-refractivity contribution in [3.63, 3.8) is 0 Å². The van der Waals surface area contributed by atoms with Crippen molar-refractivity contribution in [2.24, 2.45) is 0 Å². The number of benzene rings is 2. The molecule has 0 unspecified atom stereocenters. The number of carbonyl (C=O) groups excluding carboxylic acids is 3. The number of anilines is 1. The molecule has 30 heavy (non-hydrogen) atoms. The molecule has 1 amide bonds. The number of ketones is 1. The van der Waals surface area contributed by atoms with E-state index >= 15 is 0 Å². The van der Waals surface area contributed by atoms with E-state index in [2.05, 4.69) is 5.32 Å². The van der Waals surface area contributed by atoms with Crippen molar-refractivity contribution in [3.8, 4) is 5.75 Å². The van der Waals surface area contributed by atoms with Crippen LogP contribution < -0.4 is 10.1 Å². The minimum absolute atomic E-state index is 0.0570. The van der Waals surface area contributed by atoms with Gasteiger partial charge in [-0.15, -0.1) is 0 Å². The van der Waals surface area contributed by atoms with Crippen molar-refractivity contribution < 1.29 is 28.6 Å². The normalized spacial score (nSPS) is 16.5. The van der Waals surface area contributed by atoms with Crippen LogP contribution in [0.1, 0.15) is 47.4 Å². The first-order valence-electron chi connectivity index (χ1n) is 9.89. The second-order valence-electron chi connectivity index (χ2n) is 7.14. The second kappa shape index (κ2) is 10.0. The molecule has 0 saturated carbocycles. The Morgan fingerprint density at radius 3 is 2.33 bits per heavy atom. The van der Waals surface area contributed by atoms with E-state index in [9.17, 15) is 14.4 Å². The Balaban J connectivity index is 1.48. The molecule has 1 saturated heterocycles. The van der Waals surface area contributed by atoms with E-state index in [0.29, 0.717) is 29.2 Å². The van der Waals surface area contributed by atoms with E-state index < -0.39 is 18.0 Å². The highest BCUT2D eigenvalue weighted by Crippen LogP contribution is 2.17. The average molecular weight is 411 g/mol. The van der Waals surface area contributed by atoms with E-state index in [1.165, 1.54) is 13.8 Å². The number of Topliss-reactive ketones (excluding diaryl/α,β-unsaturated/α-hetero) is 1. The molecule has 7 heteroatoms. The smallest absolute Gasteiger partial charge is 0.338 e. The Labute approximate surface area is 175 Å². The Morgan fingerprint density at radius 2 is 1.73 bits per heavy atom. The summed E-state index contributed by atoms with van der Waals surface area (Å²) >= 11 is 0. The summed E-state index contributed by atoms with van der Waals surface area (Å²) in [4.78, 5) is 35.9. The van der Waals surface area contributed by atoms with Gasteiger partial charge in [-0.3, -0.25) is 9.59 Å². The van der Waals surface area contributed by atoms with Crippen LogP contribution in [-0.4, -0.2) is 43.1 Å². The van der Waals surface area contributed by atoms with Crippen LogP contribution in [0.3, 0.4) is 0 Å². The summed E-state index contributed by atoms with van der Waals surface area (Å²) in [7, 11) is 0. The topological polar surface area (TPSA) is 90.9 Å². The van der Waals surface area contributed by atoms with Crippen molar-refractivity contribution in [3.05, 3.63) is 59.7 Å². The van der Waals surface area contributed by atoms with Crippen LogP contribution in [0.5, 0.6) is 5.75 Å². The van der Waals surface area contributed by atoms with Crippen LogP contribution in [0, 0.1) is 0 Å². The fourth-order valence-electron chi connectivity index (χ4n) is 2.97. The average Bonchev–Trinajstić information content (AvgIpc) is 3.26. The maximum absolute atomic E-state index is 12.3. The van der Waals surface area contributed by atoms with Crippen LogP contribution in [0.4, 0.5) is 5.69 Å². The van der Waals surface area contributed by atoms with E-state index in [0.717, 1.165) is 19.4 Å². The molecule has 0 radical (unpaired) electrons. The molecule has 0 spiro atoms. The first-order chi connectivity index (χ1) is 14.4. The number of rotatable bonds is 8. The van der Waals surface area contributed by atoms with Gasteiger partial charge in [0.2, 0.25) is 0 Å². The lowest BCUT2D eigenvalue weighted by Gasteiger charge is -2.14. The molecule has 1 aliphatic heterocycles. The molecule has 1 N–H and O–H groups in total. The van der Waals surface area contributed by atoms with Gasteiger partial charge in [0.1, 0.15) is 12.4 Å². The van der Waals surface area contributed by atoms with Crippen molar-refractivity contribution in [2.45, 2.75) is 38.9 Å². The van der Waals surface area contributed by atoms with Gasteiger partial charge >= 0.3 is 5.97 Å². The minimum Gasteiger partial charge on any atom is -0.491 e. The first kappa shape index (κ1) is 21.5. The number of hydrogen-bond acceptors (Lipinski definition) is 6. The number of nitrogens with one attached hydrogen (secondary N) is 1. The summed E-state index contributed by atoms with van der Waals surface area (Å²) in [6.07, 6.45) is 1.17. The lowest BCUT2D eigenvalue weighted by molar-refractivity contribution is -0.123. The van der Waals surface area contributed by atoms with E-state index in [1.54, 1.807) is 48.5 Å². The quantitative estimate of drug-likeness (QED) is 0.527. The monoisotopic (exact) mass is 411 g/mol. The molecule has 0 aliphatic carbocycles. The van der Waals surface area contributed by atoms with Crippen molar-refractivity contribution >= 4 is 23.3 Å². The van der Waals surface area contributed by atoms with Gasteiger partial charge in [-0.1, -0.05) is 0 Å². The van der Waals surface area contributed by atoms with Crippen molar-refractivity contribution in [1.82, 2.24) is 0 Å². The Bertz CT molecular complexity index is 885. The number of carbonyl (C=O) groups is 3. The molecule has 0 aromatic heterocycles. The van der Waals surface area contributed by atoms with E-state index in [4.69, 9.17) is 14.2 Å². The summed E-state index contributed by atoms with van der Waals surface area (Å²) in [6.45, 7) is 4.22. The highest BCUT2D eigenvalue weighted by molar-refractivity contribution is 5.98. The number of esters is 1. The van der Waals surface area contributed by atoms with Crippen molar-refractivity contribution in [1.29, 1.82) is 0 Å². The standard InChI is InChI=1S/C23H25NO6/c1-15(25)17-5-9-19(10-6-17)24-22(26)16(2)30-23(27)18-7-11-20(12-8-18)29-14-21-4-3-13-28-21/h5-12,16,21H,3-4,13-14H2,1-2H3,(H,24,26)/t16-,21+/m1/s1. The Morgan fingerprint density at radius 1 is 1.07 bits per heavy atom. The van der Waals surface area contributed by atoms with E-state index in [-0.39, 0.29) is 11.9 Å². The number of amides is 1. The fraction of sp³-hybridized carbons (Fsp3) is 0.348. The minimum atomic E-state index is -0.986. The lowest BCUT2D eigenvalue weighted by atomic mass is 10.1. The molecule has 7 nitrogen and oxygen atoms in total. The predicted octanol–water partition coefficient (Wildman–Crippen LogP) is 3.63. The van der Waals surface area contributed by atoms with Crippen LogP contribution in [0.2, 0.25) is 0 Å². The van der Waals surface area contributed by atoms with Gasteiger partial charge in [-0.05, 0) is 75.2 Å². The molecular formula is C23H25NO6. The lowest BCUT2D eigenvalue weighted by Crippen LogP contribution is -2.30. The van der Waals surface area contributed by atoms with Gasteiger partial charge in [-0.25, -0.2) is 4.79 Å². The summed E-state index contributed by atoms with van der Waals surface area (Å²) in [5.41, 5.74) is 1.39.